The Morgan fingerprint density at radius 2 is 1.04 bits per heavy atom. The summed E-state index contributed by atoms with van der Waals surface area (Å²) in [5, 5.41) is 4.53. The first-order valence-electron chi connectivity index (χ1n) is 19.2. The lowest BCUT2D eigenvalue weighted by molar-refractivity contribution is 0.589. The van der Waals surface area contributed by atoms with E-state index in [0.717, 1.165) is 89.1 Å². The lowest BCUT2D eigenvalue weighted by Gasteiger charge is -2.40. The number of nitrogens with zero attached hydrogens (tertiary/aromatic N) is 1. The molecule has 0 N–H and O–H groups in total. The predicted octanol–water partition coefficient (Wildman–Crippen LogP) is 12.7. The van der Waals surface area contributed by atoms with Crippen molar-refractivity contribution in [3.8, 4) is 50.3 Å². The number of rotatable bonds is 4. The number of furan rings is 1. The molecule has 260 valence electrons. The Bertz CT molecular complexity index is 3120. The Kier molecular flexibility index (Phi) is 6.72. The third kappa shape index (κ3) is 4.66. The summed E-state index contributed by atoms with van der Waals surface area (Å²) >= 11 is 0. The fourth-order valence-electron chi connectivity index (χ4n) is 9.10. The molecular weight excluding hydrogens is 681 g/mol. The number of benzene rings is 9. The zero-order valence-corrected chi connectivity index (χ0v) is 30.3. The van der Waals surface area contributed by atoms with Gasteiger partial charge in [0.1, 0.15) is 16.9 Å². The van der Waals surface area contributed by atoms with Crippen LogP contribution in [0.1, 0.15) is 0 Å². The first-order valence-corrected chi connectivity index (χ1v) is 19.2. The number of anilines is 3. The van der Waals surface area contributed by atoms with Crippen LogP contribution >= 0.6 is 0 Å². The van der Waals surface area contributed by atoms with E-state index in [1.165, 1.54) is 21.9 Å². The van der Waals surface area contributed by atoms with Crippen molar-refractivity contribution in [2.75, 3.05) is 4.90 Å². The molecule has 3 heterocycles. The molecule has 0 aliphatic carbocycles. The maximum absolute atomic E-state index is 7.29. The van der Waals surface area contributed by atoms with E-state index >= 15 is 0 Å². The maximum atomic E-state index is 7.29. The summed E-state index contributed by atoms with van der Waals surface area (Å²) < 4.78 is 14.2. The predicted molar refractivity (Wildman–Crippen MR) is 233 cm³/mol. The monoisotopic (exact) mass is 713 g/mol. The first-order chi connectivity index (χ1) is 27.8. The highest BCUT2D eigenvalue weighted by molar-refractivity contribution is 6.87. The van der Waals surface area contributed by atoms with E-state index in [1.807, 2.05) is 0 Å². The van der Waals surface area contributed by atoms with Gasteiger partial charge in [-0.1, -0.05) is 146 Å². The molecule has 2 aliphatic rings. The van der Waals surface area contributed by atoms with Gasteiger partial charge in [0, 0.05) is 49.9 Å². The summed E-state index contributed by atoms with van der Waals surface area (Å²) in [6, 6.07) is 69.6. The van der Waals surface area contributed by atoms with Crippen LogP contribution in [0.5, 0.6) is 5.75 Å². The van der Waals surface area contributed by atoms with Crippen molar-refractivity contribution in [2.24, 2.45) is 0 Å². The molecule has 0 atom stereocenters. The van der Waals surface area contributed by atoms with Crippen molar-refractivity contribution >= 4 is 67.6 Å². The molecular formula is C52H32BNO2. The van der Waals surface area contributed by atoms with Crippen LogP contribution in [0, 0.1) is 0 Å². The van der Waals surface area contributed by atoms with Gasteiger partial charge in [-0.15, -0.1) is 0 Å². The van der Waals surface area contributed by atoms with E-state index in [2.05, 4.69) is 199 Å². The van der Waals surface area contributed by atoms with Crippen molar-refractivity contribution < 1.29 is 9.07 Å². The summed E-state index contributed by atoms with van der Waals surface area (Å²) in [5.41, 5.74) is 16.4. The highest BCUT2D eigenvalue weighted by Gasteiger charge is 2.45. The largest absolute Gasteiger partial charge is 0.551 e. The van der Waals surface area contributed by atoms with Crippen LogP contribution in [0.4, 0.5) is 17.1 Å². The van der Waals surface area contributed by atoms with Crippen LogP contribution in [0.2, 0.25) is 0 Å². The lowest BCUT2D eigenvalue weighted by atomic mass is 9.48. The molecule has 0 saturated heterocycles. The second kappa shape index (κ2) is 12.1. The standard InChI is InChI=1S/C52H32BNO2/c1-4-14-33(15-5-1)37-25-27-48-44(31-37)49-51-46(32-43-42-22-12-13-23-47(42)55-52(43)49)54(45-26-24-36-20-10-11-21-41(36)50(45)53(51)56-48)40-29-38(34-16-6-2-7-17-34)28-39(30-40)35-18-8-3-9-19-35/h1-32H. The van der Waals surface area contributed by atoms with Crippen molar-refractivity contribution in [1.82, 2.24) is 0 Å². The highest BCUT2D eigenvalue weighted by atomic mass is 16.4. The van der Waals surface area contributed by atoms with E-state index in [9.17, 15) is 0 Å². The molecule has 0 spiro atoms. The number of hydrogen-bond acceptors (Lipinski definition) is 3. The van der Waals surface area contributed by atoms with E-state index in [1.54, 1.807) is 0 Å². The summed E-state index contributed by atoms with van der Waals surface area (Å²) in [6.07, 6.45) is 0. The highest BCUT2D eigenvalue weighted by Crippen LogP contribution is 2.50. The van der Waals surface area contributed by atoms with Crippen molar-refractivity contribution in [1.29, 1.82) is 0 Å². The Hall–Kier alpha value is -7.30. The molecule has 0 radical (unpaired) electrons. The molecule has 3 nitrogen and oxygen atoms in total. The van der Waals surface area contributed by atoms with Gasteiger partial charge >= 0.3 is 6.92 Å². The average Bonchev–Trinajstić information content (AvgIpc) is 3.65. The average molecular weight is 714 g/mol. The Morgan fingerprint density at radius 1 is 0.411 bits per heavy atom. The van der Waals surface area contributed by atoms with Crippen molar-refractivity contribution in [2.45, 2.75) is 0 Å². The van der Waals surface area contributed by atoms with Gasteiger partial charge in [-0.05, 0) is 92.7 Å². The number of hydrogen-bond donors (Lipinski definition) is 0. The third-order valence-corrected chi connectivity index (χ3v) is 11.6. The zero-order valence-electron chi connectivity index (χ0n) is 30.3. The van der Waals surface area contributed by atoms with E-state index in [-0.39, 0.29) is 6.92 Å². The van der Waals surface area contributed by atoms with Gasteiger partial charge in [-0.25, -0.2) is 0 Å². The molecule has 12 rings (SSSR count). The quantitative estimate of drug-likeness (QED) is 0.170. The Morgan fingerprint density at radius 3 is 1.75 bits per heavy atom. The van der Waals surface area contributed by atoms with Crippen molar-refractivity contribution in [3.63, 3.8) is 0 Å². The lowest BCUT2D eigenvalue weighted by Crippen LogP contribution is -2.56. The van der Waals surface area contributed by atoms with Crippen LogP contribution in [0.25, 0.3) is 77.2 Å². The minimum Gasteiger partial charge on any atom is -0.551 e. The molecule has 9 aromatic carbocycles. The summed E-state index contributed by atoms with van der Waals surface area (Å²) in [4.78, 5) is 2.48. The molecule has 0 bridgehead atoms. The first kappa shape index (κ1) is 31.1. The number of para-hydroxylation sites is 1. The van der Waals surface area contributed by atoms with Crippen molar-refractivity contribution in [3.05, 3.63) is 194 Å². The van der Waals surface area contributed by atoms with Gasteiger partial charge in [0.25, 0.3) is 0 Å². The second-order valence-electron chi connectivity index (χ2n) is 14.8. The Labute approximate surface area is 324 Å². The zero-order chi connectivity index (χ0) is 36.7. The third-order valence-electron chi connectivity index (χ3n) is 11.6. The summed E-state index contributed by atoms with van der Waals surface area (Å²) in [5.74, 6) is 0.853. The van der Waals surface area contributed by atoms with Crippen LogP contribution in [-0.4, -0.2) is 6.92 Å². The van der Waals surface area contributed by atoms with Gasteiger partial charge in [-0.3, -0.25) is 0 Å². The number of fused-ring (bicyclic) bond motifs is 10. The van der Waals surface area contributed by atoms with E-state index in [4.69, 9.17) is 9.07 Å². The molecule has 1 aromatic heterocycles. The molecule has 0 unspecified atom stereocenters. The van der Waals surface area contributed by atoms with E-state index in [0.29, 0.717) is 0 Å². The smallest absolute Gasteiger partial charge is 0.432 e. The SMILES string of the molecule is c1ccc(-c2cc(-c3ccccc3)cc(N3c4cc5c(oc6ccccc65)c5c4B(Oc4ccc(-c6ccccc6)cc4-5)c4c3ccc3ccccc43)c2)cc1. The maximum Gasteiger partial charge on any atom is 0.432 e. The van der Waals surface area contributed by atoms with Gasteiger partial charge in [-0.2, -0.15) is 0 Å². The normalized spacial score (nSPS) is 12.7. The molecule has 0 amide bonds. The molecule has 4 heteroatoms. The molecule has 56 heavy (non-hydrogen) atoms. The topological polar surface area (TPSA) is 25.6 Å². The summed E-state index contributed by atoms with van der Waals surface area (Å²) in [6.45, 7) is -0.365. The second-order valence-corrected chi connectivity index (χ2v) is 14.8. The van der Waals surface area contributed by atoms with Gasteiger partial charge < -0.3 is 14.0 Å². The van der Waals surface area contributed by atoms with Gasteiger partial charge in [0.15, 0.2) is 0 Å². The van der Waals surface area contributed by atoms with E-state index < -0.39 is 0 Å². The molecule has 2 aliphatic heterocycles. The minimum atomic E-state index is -0.365. The van der Waals surface area contributed by atoms with Crippen LogP contribution in [-0.2, 0) is 0 Å². The Balaban J connectivity index is 1.22. The fourth-order valence-corrected chi connectivity index (χ4v) is 9.10. The summed E-state index contributed by atoms with van der Waals surface area (Å²) in [7, 11) is 0. The van der Waals surface area contributed by atoms with Crippen LogP contribution in [0.3, 0.4) is 0 Å². The molecule has 0 fully saturated rings. The van der Waals surface area contributed by atoms with Gasteiger partial charge in [0.2, 0.25) is 0 Å². The fraction of sp³-hybridized carbons (Fsp3) is 0. The van der Waals surface area contributed by atoms with Crippen LogP contribution in [0.15, 0.2) is 199 Å². The molecule has 0 saturated carbocycles. The molecule has 10 aromatic rings. The van der Waals surface area contributed by atoms with Gasteiger partial charge in [0.05, 0.1) is 0 Å². The minimum absolute atomic E-state index is 0.365. The van der Waals surface area contributed by atoms with Crippen LogP contribution < -0.4 is 20.5 Å².